The zero-order valence-electron chi connectivity index (χ0n) is 33.5. The van der Waals surface area contributed by atoms with Crippen LogP contribution in [0, 0.1) is 0 Å². The summed E-state index contributed by atoms with van der Waals surface area (Å²) in [4.78, 5) is 26.7. The molecule has 0 amide bonds. The lowest BCUT2D eigenvalue weighted by Gasteiger charge is -2.16. The van der Waals surface area contributed by atoms with Crippen molar-refractivity contribution in [1.82, 2.24) is 29.5 Å². The molecule has 8 aromatic carbocycles. The van der Waals surface area contributed by atoms with Crippen LogP contribution >= 0.6 is 11.3 Å². The third kappa shape index (κ3) is 5.69. The molecule has 0 aliphatic heterocycles. The van der Waals surface area contributed by atoms with Gasteiger partial charge in [0, 0.05) is 59.4 Å². The van der Waals surface area contributed by atoms with Crippen LogP contribution in [-0.2, 0) is 0 Å². The van der Waals surface area contributed by atoms with Gasteiger partial charge in [0.1, 0.15) is 11.2 Å². The Morgan fingerprint density at radius 2 is 0.984 bits per heavy atom. The summed E-state index contributed by atoms with van der Waals surface area (Å²) in [5.41, 5.74) is 10.9. The molecule has 0 aliphatic carbocycles. The molecule has 5 aromatic heterocycles. The van der Waals surface area contributed by atoms with E-state index in [1.54, 1.807) is 11.3 Å². The summed E-state index contributed by atoms with van der Waals surface area (Å²) in [7, 11) is 0. The topological polar surface area (TPSA) is 82.5 Å². The molecule has 294 valence electrons. The second kappa shape index (κ2) is 14.1. The fourth-order valence-corrected chi connectivity index (χ4v) is 10.2. The molecule has 0 aliphatic rings. The predicted molar refractivity (Wildman–Crippen MR) is 257 cm³/mol. The minimum atomic E-state index is 0.521. The Kier molecular flexibility index (Phi) is 7.94. The van der Waals surface area contributed by atoms with Gasteiger partial charge in [-0.15, -0.1) is 11.3 Å². The maximum absolute atomic E-state index is 6.36. The Hall–Kier alpha value is -8.33. The van der Waals surface area contributed by atoms with Crippen LogP contribution in [0.2, 0.25) is 0 Å². The smallest absolute Gasteiger partial charge is 0.166 e. The number of nitrogens with zero attached hydrogens (tertiary/aromatic N) is 6. The van der Waals surface area contributed by atoms with E-state index in [2.05, 4.69) is 132 Å². The quantitative estimate of drug-likeness (QED) is 0.166. The number of aromatic nitrogens is 6. The maximum atomic E-state index is 6.36. The van der Waals surface area contributed by atoms with Gasteiger partial charge in [0.2, 0.25) is 0 Å². The minimum absolute atomic E-state index is 0.521. The third-order valence-corrected chi connectivity index (χ3v) is 13.1. The third-order valence-electron chi connectivity index (χ3n) is 11.9. The van der Waals surface area contributed by atoms with Crippen molar-refractivity contribution in [2.24, 2.45) is 0 Å². The lowest BCUT2D eigenvalue weighted by molar-refractivity contribution is 0.669. The molecule has 63 heavy (non-hydrogen) atoms. The zero-order chi connectivity index (χ0) is 41.4. The highest BCUT2D eigenvalue weighted by atomic mass is 32.1. The van der Waals surface area contributed by atoms with Crippen molar-refractivity contribution < 1.29 is 4.42 Å². The molecule has 0 saturated carbocycles. The van der Waals surface area contributed by atoms with Crippen molar-refractivity contribution in [2.45, 2.75) is 0 Å². The van der Waals surface area contributed by atoms with E-state index in [1.807, 2.05) is 66.7 Å². The summed E-state index contributed by atoms with van der Waals surface area (Å²) in [5.74, 6) is 2.25. The summed E-state index contributed by atoms with van der Waals surface area (Å²) in [6.07, 6.45) is 0. The molecule has 5 heterocycles. The maximum Gasteiger partial charge on any atom is 0.166 e. The van der Waals surface area contributed by atoms with E-state index in [1.165, 1.54) is 4.70 Å². The molecular weight excluding hydrogens is 793 g/mol. The first kappa shape index (κ1) is 35.4. The number of hydrogen-bond acceptors (Lipinski definition) is 7. The van der Waals surface area contributed by atoms with Crippen LogP contribution < -0.4 is 0 Å². The average molecular weight is 825 g/mol. The van der Waals surface area contributed by atoms with Gasteiger partial charge in [-0.25, -0.2) is 24.9 Å². The van der Waals surface area contributed by atoms with Gasteiger partial charge >= 0.3 is 0 Å². The SMILES string of the molecule is c1ccc(-c2nc(-c3cc(-c4nc(-c5ccccc5)c5sc6ccccc6c5n4)ccc3-n3c4ccccc4c4ccccc43)nc(-c3cccc4oc5ccccc5c34)n2)cc1. The van der Waals surface area contributed by atoms with Gasteiger partial charge in [-0.3, -0.25) is 0 Å². The summed E-state index contributed by atoms with van der Waals surface area (Å²) < 4.78 is 10.9. The number of hydrogen-bond donors (Lipinski definition) is 0. The van der Waals surface area contributed by atoms with Crippen LogP contribution in [0.4, 0.5) is 0 Å². The van der Waals surface area contributed by atoms with E-state index in [0.717, 1.165) is 98.5 Å². The van der Waals surface area contributed by atoms with Gasteiger partial charge in [-0.1, -0.05) is 146 Å². The molecule has 0 radical (unpaired) electrons. The molecule has 0 N–H and O–H groups in total. The van der Waals surface area contributed by atoms with Crippen LogP contribution in [0.1, 0.15) is 0 Å². The highest BCUT2D eigenvalue weighted by molar-refractivity contribution is 7.26. The number of para-hydroxylation sites is 3. The first-order valence-corrected chi connectivity index (χ1v) is 21.7. The molecular formula is C55H32N6OS. The molecule has 13 rings (SSSR count). The fourth-order valence-electron chi connectivity index (χ4n) is 9.04. The molecule has 7 nitrogen and oxygen atoms in total. The van der Waals surface area contributed by atoms with Crippen molar-refractivity contribution >= 4 is 75.4 Å². The Balaban J connectivity index is 1.13. The van der Waals surface area contributed by atoms with Crippen molar-refractivity contribution in [2.75, 3.05) is 0 Å². The van der Waals surface area contributed by atoms with Crippen molar-refractivity contribution in [3.05, 3.63) is 194 Å². The molecule has 8 heteroatoms. The number of furan rings is 1. The highest BCUT2D eigenvalue weighted by Gasteiger charge is 2.23. The van der Waals surface area contributed by atoms with Gasteiger partial charge in [0.05, 0.1) is 32.6 Å². The summed E-state index contributed by atoms with van der Waals surface area (Å²) in [6.45, 7) is 0. The summed E-state index contributed by atoms with van der Waals surface area (Å²) in [6, 6.07) is 66.7. The average Bonchev–Trinajstić information content (AvgIpc) is 4.04. The van der Waals surface area contributed by atoms with Gasteiger partial charge < -0.3 is 8.98 Å². The highest BCUT2D eigenvalue weighted by Crippen LogP contribution is 2.42. The number of benzene rings is 8. The molecule has 0 unspecified atom stereocenters. The van der Waals surface area contributed by atoms with E-state index >= 15 is 0 Å². The zero-order valence-corrected chi connectivity index (χ0v) is 34.3. The monoisotopic (exact) mass is 824 g/mol. The Labute approximate surface area is 364 Å². The fraction of sp³-hybridized carbons (Fsp3) is 0. The van der Waals surface area contributed by atoms with Crippen LogP contribution in [0.5, 0.6) is 0 Å². The first-order valence-electron chi connectivity index (χ1n) is 20.8. The second-order valence-corrected chi connectivity index (χ2v) is 16.6. The minimum Gasteiger partial charge on any atom is -0.456 e. The number of fused-ring (bicyclic) bond motifs is 9. The van der Waals surface area contributed by atoms with E-state index in [-0.39, 0.29) is 0 Å². The molecule has 0 atom stereocenters. The molecule has 0 fully saturated rings. The molecule has 13 aromatic rings. The van der Waals surface area contributed by atoms with Crippen molar-refractivity contribution in [1.29, 1.82) is 0 Å². The van der Waals surface area contributed by atoms with Gasteiger partial charge in [0.15, 0.2) is 23.3 Å². The molecule has 0 bridgehead atoms. The molecule has 0 saturated heterocycles. The van der Waals surface area contributed by atoms with Crippen molar-refractivity contribution in [3.63, 3.8) is 0 Å². The van der Waals surface area contributed by atoms with Crippen LogP contribution in [0.15, 0.2) is 199 Å². The van der Waals surface area contributed by atoms with Crippen LogP contribution in [0.3, 0.4) is 0 Å². The van der Waals surface area contributed by atoms with Gasteiger partial charge in [-0.05, 0) is 48.5 Å². The van der Waals surface area contributed by atoms with Crippen LogP contribution in [0.25, 0.3) is 127 Å². The Morgan fingerprint density at radius 1 is 0.397 bits per heavy atom. The second-order valence-electron chi connectivity index (χ2n) is 15.6. The van der Waals surface area contributed by atoms with E-state index < -0.39 is 0 Å². The van der Waals surface area contributed by atoms with E-state index in [4.69, 9.17) is 29.3 Å². The summed E-state index contributed by atoms with van der Waals surface area (Å²) in [5, 5.41) is 5.39. The number of thiophene rings is 1. The van der Waals surface area contributed by atoms with Gasteiger partial charge in [0.25, 0.3) is 0 Å². The van der Waals surface area contributed by atoms with Gasteiger partial charge in [-0.2, -0.15) is 0 Å². The van der Waals surface area contributed by atoms with E-state index in [0.29, 0.717) is 23.3 Å². The predicted octanol–water partition coefficient (Wildman–Crippen LogP) is 14.4. The Bertz CT molecular complexity index is 3870. The normalized spacial score (nSPS) is 11.8. The largest absolute Gasteiger partial charge is 0.456 e. The summed E-state index contributed by atoms with van der Waals surface area (Å²) >= 11 is 1.73. The Morgan fingerprint density at radius 3 is 1.75 bits per heavy atom. The lowest BCUT2D eigenvalue weighted by atomic mass is 10.0. The lowest BCUT2D eigenvalue weighted by Crippen LogP contribution is -2.04. The standard InChI is InChI=1S/C55H32N6OS/c1-3-16-33(17-4-1)49-51-50(39-23-10-14-29-47(39)63-51)57-53(56-49)35-30-31-44(61-42-25-11-7-20-36(42)37-21-8-12-26-43(37)61)41(32-35)55-59-52(34-18-5-2-6-19-34)58-54(60-55)40-24-15-28-46-48(40)38-22-9-13-27-45(38)62-46/h1-32H. The molecule has 0 spiro atoms. The number of rotatable bonds is 6. The first-order chi connectivity index (χ1) is 31.2. The van der Waals surface area contributed by atoms with Crippen LogP contribution in [-0.4, -0.2) is 29.5 Å². The van der Waals surface area contributed by atoms with Crippen molar-refractivity contribution in [3.8, 4) is 62.5 Å². The van der Waals surface area contributed by atoms with E-state index in [9.17, 15) is 0 Å².